The van der Waals surface area contributed by atoms with Gasteiger partial charge in [-0.05, 0) is 55.0 Å². The first-order valence-corrected chi connectivity index (χ1v) is 9.71. The van der Waals surface area contributed by atoms with Gasteiger partial charge in [-0.15, -0.1) is 12.4 Å². The minimum absolute atomic E-state index is 0. The number of ether oxygens (including phenoxy) is 1. The fourth-order valence-electron chi connectivity index (χ4n) is 4.71. The van der Waals surface area contributed by atoms with Gasteiger partial charge in [0, 0.05) is 13.1 Å². The number of benzene rings is 2. The van der Waals surface area contributed by atoms with Crippen LogP contribution in [0.3, 0.4) is 0 Å². The Morgan fingerprint density at radius 1 is 1.07 bits per heavy atom. The molecule has 4 aliphatic heterocycles. The van der Waals surface area contributed by atoms with Gasteiger partial charge in [0.25, 0.3) is 0 Å². The lowest BCUT2D eigenvalue weighted by molar-refractivity contribution is -0.0462. The van der Waals surface area contributed by atoms with Crippen molar-refractivity contribution in [2.45, 2.75) is 31.4 Å². The predicted octanol–water partition coefficient (Wildman–Crippen LogP) is 4.29. The number of piperidine rings is 3. The van der Waals surface area contributed by atoms with Crippen molar-refractivity contribution in [1.29, 1.82) is 0 Å². The van der Waals surface area contributed by atoms with E-state index in [2.05, 4.69) is 4.90 Å². The minimum atomic E-state index is -0.790. The maximum atomic E-state index is 13.4. The summed E-state index contributed by atoms with van der Waals surface area (Å²) in [7, 11) is 0. The lowest BCUT2D eigenvalue weighted by atomic mass is 9.86. The molecular weight excluding hydrogens is 372 g/mol. The smallest absolute Gasteiger partial charge is 0.410 e. The summed E-state index contributed by atoms with van der Waals surface area (Å²) in [6, 6.07) is 5.03. The van der Waals surface area contributed by atoms with Crippen LogP contribution in [0.5, 0.6) is 0 Å². The zero-order chi connectivity index (χ0) is 22.6. The number of amides is 1. The van der Waals surface area contributed by atoms with E-state index >= 15 is 0 Å². The second kappa shape index (κ2) is 8.14. The Morgan fingerprint density at radius 2 is 1.82 bits per heavy atom. The van der Waals surface area contributed by atoms with Crippen molar-refractivity contribution in [3.05, 3.63) is 71.2 Å². The van der Waals surface area contributed by atoms with Crippen LogP contribution in [0.15, 0.2) is 54.5 Å². The molecule has 3 fully saturated rings. The maximum absolute atomic E-state index is 13.4. The van der Waals surface area contributed by atoms with Gasteiger partial charge in [-0.3, -0.25) is 9.80 Å². The van der Waals surface area contributed by atoms with E-state index in [1.54, 1.807) is 4.90 Å². The third kappa shape index (κ3) is 3.51. The summed E-state index contributed by atoms with van der Waals surface area (Å²) in [4.78, 5) is 17.3. The molecule has 0 radical (unpaired) electrons. The number of rotatable bonds is 2. The van der Waals surface area contributed by atoms with Gasteiger partial charge in [0.05, 0.1) is 12.9 Å². The number of hydrogen-bond donors (Lipinski definition) is 0. The Bertz CT molecular complexity index is 1050. The topological polar surface area (TPSA) is 32.8 Å². The molecule has 0 saturated carbocycles. The van der Waals surface area contributed by atoms with Gasteiger partial charge >= 0.3 is 6.09 Å². The predicted molar refractivity (Wildman–Crippen MR) is 112 cm³/mol. The molecule has 4 aliphatic rings. The Morgan fingerprint density at radius 3 is 2.54 bits per heavy atom. The van der Waals surface area contributed by atoms with Crippen molar-refractivity contribution in [1.82, 2.24) is 9.80 Å². The van der Waals surface area contributed by atoms with Crippen LogP contribution in [0.4, 0.5) is 4.79 Å². The van der Waals surface area contributed by atoms with Crippen molar-refractivity contribution in [3.63, 3.8) is 0 Å². The molecular formula is C23H27ClN2O2. The Hall–Kier alpha value is -2.04. The molecule has 1 amide bonds. The highest BCUT2D eigenvalue weighted by atomic mass is 35.5. The SMILES string of the molecule is Cl.[2H]c1c([2H])c([2H])c(C2c3ccccc3CCN2C(=O)O[C@@H]2CN3CCC2CC3)c([2H])c1[2H]. The third-order valence-electron chi connectivity index (χ3n) is 6.16. The number of carbonyl (C=O) groups excluding carboxylic acids is 1. The van der Waals surface area contributed by atoms with Crippen LogP contribution in [0.25, 0.3) is 0 Å². The molecule has 2 aromatic rings. The number of fused-ring (bicyclic) bond motifs is 4. The van der Waals surface area contributed by atoms with Crippen molar-refractivity contribution < 1.29 is 16.4 Å². The van der Waals surface area contributed by atoms with E-state index in [9.17, 15) is 4.79 Å². The van der Waals surface area contributed by atoms with Crippen LogP contribution in [0.1, 0.15) is 42.4 Å². The summed E-state index contributed by atoms with van der Waals surface area (Å²) >= 11 is 0. The first-order valence-electron chi connectivity index (χ1n) is 12.2. The van der Waals surface area contributed by atoms with Gasteiger partial charge in [-0.1, -0.05) is 54.5 Å². The highest BCUT2D eigenvalue weighted by Crippen LogP contribution is 2.36. The number of carbonyl (C=O) groups is 1. The van der Waals surface area contributed by atoms with Crippen LogP contribution in [-0.4, -0.2) is 48.2 Å². The van der Waals surface area contributed by atoms with E-state index in [4.69, 9.17) is 11.6 Å². The molecule has 2 bridgehead atoms. The lowest BCUT2D eigenvalue weighted by Crippen LogP contribution is -2.53. The highest BCUT2D eigenvalue weighted by molar-refractivity contribution is 5.85. The molecule has 2 atom stereocenters. The minimum Gasteiger partial charge on any atom is -0.444 e. The molecule has 0 aromatic heterocycles. The van der Waals surface area contributed by atoms with Crippen LogP contribution in [-0.2, 0) is 11.2 Å². The quantitative estimate of drug-likeness (QED) is 0.750. The summed E-state index contributed by atoms with van der Waals surface area (Å²) in [6.45, 7) is 3.19. The van der Waals surface area contributed by atoms with Crippen LogP contribution in [0, 0.1) is 5.92 Å². The van der Waals surface area contributed by atoms with Crippen LogP contribution < -0.4 is 0 Å². The Balaban J connectivity index is 0.00000259. The molecule has 6 rings (SSSR count). The molecule has 2 aromatic carbocycles. The van der Waals surface area contributed by atoms with Gasteiger partial charge in [0.1, 0.15) is 6.10 Å². The Kier molecular flexibility index (Phi) is 4.08. The number of hydrogen-bond acceptors (Lipinski definition) is 3. The molecule has 3 saturated heterocycles. The second-order valence-corrected chi connectivity index (χ2v) is 7.64. The molecule has 4 heterocycles. The van der Waals surface area contributed by atoms with E-state index in [1.165, 1.54) is 0 Å². The van der Waals surface area contributed by atoms with Gasteiger partial charge in [0.15, 0.2) is 0 Å². The molecule has 4 nitrogen and oxygen atoms in total. The lowest BCUT2D eigenvalue weighted by Gasteiger charge is -2.45. The second-order valence-electron chi connectivity index (χ2n) is 7.64. The third-order valence-corrected chi connectivity index (χ3v) is 6.16. The van der Waals surface area contributed by atoms with Gasteiger partial charge in [-0.25, -0.2) is 4.79 Å². The van der Waals surface area contributed by atoms with Crippen LogP contribution in [0.2, 0.25) is 0 Å². The van der Waals surface area contributed by atoms with Crippen molar-refractivity contribution in [3.8, 4) is 0 Å². The average Bonchev–Trinajstić information content (AvgIpc) is 2.82. The molecule has 0 N–H and O–H groups in total. The number of nitrogens with zero attached hydrogens (tertiary/aromatic N) is 2. The first kappa shape index (κ1) is 14.0. The van der Waals surface area contributed by atoms with E-state index < -0.39 is 30.3 Å². The van der Waals surface area contributed by atoms with E-state index in [0.717, 1.165) is 43.6 Å². The molecule has 1 unspecified atom stereocenters. The van der Waals surface area contributed by atoms with Crippen molar-refractivity contribution >= 4 is 18.5 Å². The monoisotopic (exact) mass is 403 g/mol. The largest absolute Gasteiger partial charge is 0.444 e. The van der Waals surface area contributed by atoms with E-state index in [1.807, 2.05) is 24.3 Å². The molecule has 28 heavy (non-hydrogen) atoms. The van der Waals surface area contributed by atoms with Gasteiger partial charge in [0.2, 0.25) is 0 Å². The van der Waals surface area contributed by atoms with Gasteiger partial charge in [-0.2, -0.15) is 0 Å². The standard InChI is InChI=1S/C23H26N2O2.ClH/c26-23(27-21-16-24-13-10-18(21)11-14-24)25-15-12-17-6-4-5-9-20(17)22(25)19-7-2-1-3-8-19;/h1-9,18,21-22H,10-16H2;1H/t21-,22?;/m1./s1/i1D,2D,3D,7D,8D;. The van der Waals surface area contributed by atoms with Gasteiger partial charge < -0.3 is 4.74 Å². The van der Waals surface area contributed by atoms with E-state index in [-0.39, 0.29) is 36.2 Å². The molecule has 148 valence electrons. The molecule has 0 spiro atoms. The summed E-state index contributed by atoms with van der Waals surface area (Å²) in [5, 5.41) is 0. The Labute approximate surface area is 179 Å². The maximum Gasteiger partial charge on any atom is 0.410 e. The fraction of sp³-hybridized carbons (Fsp3) is 0.435. The van der Waals surface area contributed by atoms with Crippen molar-refractivity contribution in [2.24, 2.45) is 5.92 Å². The fourth-order valence-corrected chi connectivity index (χ4v) is 4.71. The van der Waals surface area contributed by atoms with E-state index in [0.29, 0.717) is 18.9 Å². The van der Waals surface area contributed by atoms with Crippen LogP contribution >= 0.6 is 12.4 Å². The first-order chi connectivity index (χ1) is 15.4. The summed E-state index contributed by atoms with van der Waals surface area (Å²) in [5.74, 6) is 0.361. The normalized spacial score (nSPS) is 30.7. The zero-order valence-electron chi connectivity index (χ0n) is 20.6. The molecule has 0 aliphatic carbocycles. The summed E-state index contributed by atoms with van der Waals surface area (Å²) in [5.41, 5.74) is 1.91. The number of halogens is 1. The summed E-state index contributed by atoms with van der Waals surface area (Å²) in [6.07, 6.45) is 2.03. The summed E-state index contributed by atoms with van der Waals surface area (Å²) < 4.78 is 47.2. The zero-order valence-corrected chi connectivity index (χ0v) is 16.4. The van der Waals surface area contributed by atoms with Crippen molar-refractivity contribution in [2.75, 3.05) is 26.2 Å². The highest BCUT2D eigenvalue weighted by Gasteiger charge is 2.39. The molecule has 5 heteroatoms. The average molecular weight is 404 g/mol.